The largest absolute Gasteiger partial charge is 0.504 e. The van der Waals surface area contributed by atoms with E-state index in [1.165, 1.54) is 17.2 Å². The summed E-state index contributed by atoms with van der Waals surface area (Å²) in [5, 5.41) is 116. The lowest BCUT2D eigenvalue weighted by molar-refractivity contribution is -0.513. The maximum Gasteiger partial charge on any atom is 0.346 e. The first-order chi connectivity index (χ1) is 44.5. The number of anilines is 1. The summed E-state index contributed by atoms with van der Waals surface area (Å²) in [6, 6.07) is -10.4. The summed E-state index contributed by atoms with van der Waals surface area (Å²) < 4.78 is 1.19. The van der Waals surface area contributed by atoms with Gasteiger partial charge in [-0.15, -0.1) is 0 Å². The van der Waals surface area contributed by atoms with Gasteiger partial charge in [0.05, 0.1) is 38.3 Å². The molecule has 12 amide bonds. The van der Waals surface area contributed by atoms with E-state index in [0.717, 1.165) is 19.1 Å². The lowest BCUT2D eigenvalue weighted by Gasteiger charge is -2.29. The highest BCUT2D eigenvalue weighted by Crippen LogP contribution is 2.29. The number of hydrogen-bond acceptors (Lipinski definition) is 23. The zero-order valence-electron chi connectivity index (χ0n) is 51.3. The molecule has 1 aromatic carbocycles. The predicted molar refractivity (Wildman–Crippen MR) is 320 cm³/mol. The fraction of sp³-hybridized carbons (Fsp3) is 0.564. The SMILES string of the molecule is C[C@@H](O)[C@@H]1NC(=O)[C@H](CCCN(O)C=O)NC(=O)[C@@H](NC(=O)[C@H](CCCN(O)C=O)NC(=O)[C@@H](CO)NC(=O)[C@H](CCCN=C(N)N)NC(=O)[C@@H](CO)NC(=O)C2=[n+]3c(c(NC(=O)CCC(=O)O)cc4cc(O)c(O)cc43)=NCC2)CCCCNC(=O)[C@H]([C@@H](C)O)NC1=O. The third-order valence-corrected chi connectivity index (χ3v) is 14.5. The van der Waals surface area contributed by atoms with Gasteiger partial charge in [-0.2, -0.15) is 4.24 Å². The molecule has 23 N–H and O–H groups in total. The highest BCUT2D eigenvalue weighted by atomic mass is 16.5. The number of nitrogens with one attached hydrogen (secondary N) is 10. The van der Waals surface area contributed by atoms with Crippen molar-refractivity contribution in [3.8, 4) is 11.5 Å². The molecular formula is C55H82N17O22+. The van der Waals surface area contributed by atoms with Gasteiger partial charge >= 0.3 is 11.5 Å². The van der Waals surface area contributed by atoms with E-state index in [-0.39, 0.29) is 141 Å². The standard InChI is InChI=1S/C55H81N17O22/c1-27(77)43-53(91)59-15-4-3-8-30(46(84)63-33(11-7-19-71(94)26-76)49(87)68-44(28(2)78)54(92)69-43)62-47(85)32(10-6-18-70(93)25-75)65-50(88)35(23-73)66-48(86)31(9-5-16-60-55(56)57)64-51(89)36(24-74)67-52(90)37-14-17-58-45-34(61-41(81)12-13-42(82)83)20-29-21-39(79)40(80)22-38(29)72(37)45/h20-22,25-28,30-33,35-36,43-44,67,73-74,77-78,93-94H,3-19,23-24H2,1-2H3,(H15,56,57,59,60,61,62,63,64,65,66,68,69,79,81,82,83,84,85,86,87,88,89,90,91,92)/p+1/t27-,28-,30+,31+,32+,33+,35-,36-,43+,44+/m1/s1. The van der Waals surface area contributed by atoms with Crippen molar-refractivity contribution in [2.75, 3.05) is 51.3 Å². The van der Waals surface area contributed by atoms with Crippen molar-refractivity contribution in [2.45, 2.75) is 151 Å². The number of phenolic OH excluding ortho intramolecular Hbond substituents is 2. The summed E-state index contributed by atoms with van der Waals surface area (Å²) in [7, 11) is 0. The van der Waals surface area contributed by atoms with Crippen LogP contribution in [0.4, 0.5) is 5.69 Å². The molecule has 39 heteroatoms. The van der Waals surface area contributed by atoms with Crippen molar-refractivity contribution >= 4 is 100 Å². The predicted octanol–water partition coefficient (Wildman–Crippen LogP) is -9.02. The zero-order chi connectivity index (χ0) is 69.9. The number of aliphatic hydroxyl groups excluding tert-OH is 4. The molecule has 0 radical (unpaired) electrons. The molecule has 0 unspecified atom stereocenters. The van der Waals surface area contributed by atoms with Crippen LogP contribution in [0.15, 0.2) is 28.2 Å². The number of pyridine rings is 1. The topological polar surface area (TPSA) is 613 Å². The fourth-order valence-electron chi connectivity index (χ4n) is 9.59. The summed E-state index contributed by atoms with van der Waals surface area (Å²) in [5.41, 5.74) is 10.7. The number of carboxylic acid groups (broad SMARTS) is 1. The van der Waals surface area contributed by atoms with Crippen LogP contribution in [-0.2, 0) is 62.3 Å². The van der Waals surface area contributed by atoms with Gasteiger partial charge in [0.2, 0.25) is 66.0 Å². The molecule has 3 heterocycles. The van der Waals surface area contributed by atoms with Crippen molar-refractivity contribution in [1.82, 2.24) is 58.0 Å². The van der Waals surface area contributed by atoms with Gasteiger partial charge in [-0.25, -0.2) is 10.1 Å². The van der Waals surface area contributed by atoms with E-state index < -0.39 is 176 Å². The number of aliphatic imine (C=N–C) groups is 1. The van der Waals surface area contributed by atoms with Gasteiger partial charge in [0, 0.05) is 44.1 Å². The third kappa shape index (κ3) is 23.3. The summed E-state index contributed by atoms with van der Waals surface area (Å²) >= 11 is 0. The molecule has 2 aliphatic heterocycles. The number of hydrogen-bond donors (Lipinski definition) is 21. The molecule has 1 fully saturated rings. The summed E-state index contributed by atoms with van der Waals surface area (Å²) in [6.07, 6.45) is -5.99. The first-order valence-corrected chi connectivity index (χ1v) is 29.7. The Morgan fingerprint density at radius 1 is 0.723 bits per heavy atom. The molecular weight excluding hydrogens is 1250 g/mol. The van der Waals surface area contributed by atoms with Crippen LogP contribution in [-0.4, -0.2) is 247 Å². The maximum atomic E-state index is 14.4. The second kappa shape index (κ2) is 37.5. The number of carbonyl (C=O) groups is 13. The number of benzene rings is 1. The van der Waals surface area contributed by atoms with Gasteiger partial charge in [-0.3, -0.25) is 77.7 Å². The number of aromatic nitrogens is 1. The molecule has 0 spiro atoms. The molecule has 4 rings (SSSR count). The summed E-state index contributed by atoms with van der Waals surface area (Å²) in [6.45, 7) is -1.18. The second-order valence-corrected chi connectivity index (χ2v) is 21.8. The Kier molecular flexibility index (Phi) is 30.5. The van der Waals surface area contributed by atoms with Crippen LogP contribution in [0.3, 0.4) is 0 Å². The van der Waals surface area contributed by atoms with Crippen LogP contribution < -0.4 is 74.4 Å². The highest BCUT2D eigenvalue weighted by Gasteiger charge is 2.38. The minimum Gasteiger partial charge on any atom is -0.504 e. The molecule has 10 atom stereocenters. The quantitative estimate of drug-likeness (QED) is 0.00473. The molecule has 2 aliphatic rings. The van der Waals surface area contributed by atoms with Gasteiger partial charge < -0.3 is 100 Å². The van der Waals surface area contributed by atoms with Crippen LogP contribution in [0, 0.1) is 5.71 Å². The van der Waals surface area contributed by atoms with Crippen molar-refractivity contribution in [2.24, 2.45) is 21.5 Å². The molecule has 39 nitrogen and oxygen atoms in total. The van der Waals surface area contributed by atoms with Crippen LogP contribution >= 0.6 is 0 Å². The minimum atomic E-state index is -1.97. The molecule has 94 heavy (non-hydrogen) atoms. The van der Waals surface area contributed by atoms with Crippen molar-refractivity contribution in [3.63, 3.8) is 0 Å². The molecule has 0 saturated carbocycles. The average Bonchev–Trinajstić information content (AvgIpc) is 0.751. The second-order valence-electron chi connectivity index (χ2n) is 21.8. The Morgan fingerprint density at radius 3 is 1.89 bits per heavy atom. The lowest BCUT2D eigenvalue weighted by atomic mass is 10.0. The summed E-state index contributed by atoms with van der Waals surface area (Å²) in [4.78, 5) is 181. The van der Waals surface area contributed by atoms with Crippen LogP contribution in [0.5, 0.6) is 11.5 Å². The molecule has 0 aliphatic carbocycles. The smallest absolute Gasteiger partial charge is 0.346 e. The number of hydroxylamine groups is 4. The number of carboxylic acids is 1. The number of nitrogens with two attached hydrogens (primary N) is 2. The number of aliphatic hydroxyl groups is 4. The fourth-order valence-corrected chi connectivity index (χ4v) is 9.59. The van der Waals surface area contributed by atoms with Gasteiger partial charge in [-0.05, 0) is 83.8 Å². The van der Waals surface area contributed by atoms with Crippen LogP contribution in [0.1, 0.15) is 90.9 Å². The van der Waals surface area contributed by atoms with E-state index in [4.69, 9.17) is 16.6 Å². The number of carbonyl (C=O) groups excluding carboxylic acids is 12. The normalized spacial score (nSPS) is 18.9. The number of rotatable bonds is 32. The maximum absolute atomic E-state index is 14.4. The van der Waals surface area contributed by atoms with E-state index in [2.05, 4.69) is 63.2 Å². The van der Waals surface area contributed by atoms with E-state index >= 15 is 0 Å². The highest BCUT2D eigenvalue weighted by molar-refractivity contribution is 5.99. The Labute approximate surface area is 534 Å². The Hall–Kier alpha value is -9.96. The molecule has 1 aromatic heterocycles. The van der Waals surface area contributed by atoms with E-state index in [1.54, 1.807) is 0 Å². The number of aromatic hydroxyl groups is 2. The van der Waals surface area contributed by atoms with Gasteiger partial charge in [0.1, 0.15) is 66.1 Å². The molecule has 1 saturated heterocycles. The van der Waals surface area contributed by atoms with Crippen molar-refractivity contribution in [1.29, 1.82) is 0 Å². The van der Waals surface area contributed by atoms with Gasteiger partial charge in [-0.1, -0.05) is 4.99 Å². The van der Waals surface area contributed by atoms with Gasteiger partial charge in [0.25, 0.3) is 5.91 Å². The molecule has 518 valence electrons. The number of amides is 12. The van der Waals surface area contributed by atoms with E-state index in [1.807, 2.05) is 0 Å². The summed E-state index contributed by atoms with van der Waals surface area (Å²) in [5.74, 6) is -13.6. The average molecular weight is 1330 g/mol. The van der Waals surface area contributed by atoms with Crippen molar-refractivity contribution < 1.29 is 113 Å². The van der Waals surface area contributed by atoms with Crippen molar-refractivity contribution in [3.05, 3.63) is 29.4 Å². The van der Waals surface area contributed by atoms with E-state index in [0.29, 0.717) is 0 Å². The number of guanidine groups is 1. The van der Waals surface area contributed by atoms with Crippen LogP contribution in [0.25, 0.3) is 10.9 Å². The Bertz CT molecular complexity index is 3260. The minimum absolute atomic E-state index is 0.0241. The Morgan fingerprint density at radius 2 is 1.29 bits per heavy atom. The zero-order valence-corrected chi connectivity index (χ0v) is 51.3. The lowest BCUT2D eigenvalue weighted by Crippen LogP contribution is -2.62. The molecule has 2 aromatic rings. The van der Waals surface area contributed by atoms with Gasteiger partial charge in [0.15, 0.2) is 23.2 Å². The molecule has 0 bridgehead atoms. The first-order valence-electron chi connectivity index (χ1n) is 29.7. The first kappa shape index (κ1) is 76.5. The third-order valence-electron chi connectivity index (χ3n) is 14.5. The van der Waals surface area contributed by atoms with E-state index in [9.17, 15) is 103 Å². The number of nitrogens with zero attached hydrogens (tertiary/aromatic N) is 5. The Balaban J connectivity index is 1.65. The number of phenols is 2. The number of fused-ring (bicyclic) bond motifs is 3. The monoisotopic (exact) mass is 1330 g/mol. The van der Waals surface area contributed by atoms with Crippen LogP contribution in [0.2, 0.25) is 0 Å². The number of aliphatic carboxylic acids is 1.